The minimum atomic E-state index is -0.786. The molecule has 0 saturated heterocycles. The Hall–Kier alpha value is -2.17. The number of fused-ring (bicyclic) bond motifs is 1. The van der Waals surface area contributed by atoms with Crippen molar-refractivity contribution < 1.29 is 11.4 Å². The summed E-state index contributed by atoms with van der Waals surface area (Å²) < 4.78 is 7.39. The van der Waals surface area contributed by atoms with Gasteiger partial charge in [-0.15, -0.1) is 0 Å². The van der Waals surface area contributed by atoms with Gasteiger partial charge >= 0.3 is 5.69 Å². The lowest BCUT2D eigenvalue weighted by Gasteiger charge is -1.99. The first-order chi connectivity index (χ1) is 7.11. The molecule has 2 aromatic rings. The van der Waals surface area contributed by atoms with Gasteiger partial charge in [0.25, 0.3) is 0 Å². The molecule has 1 N–H and O–H groups in total. The van der Waals surface area contributed by atoms with E-state index in [0.717, 1.165) is 0 Å². The fourth-order valence-electron chi connectivity index (χ4n) is 1.20. The smallest absolute Gasteiger partial charge is 0.313 e. The van der Waals surface area contributed by atoms with Gasteiger partial charge in [-0.2, -0.15) is 0 Å². The Morgan fingerprint density at radius 2 is 2.36 bits per heavy atom. The summed E-state index contributed by atoms with van der Waals surface area (Å²) in [5, 5.41) is 20.7. The number of hydrogen-bond acceptors (Lipinski definition) is 4. The molecule has 5 heteroatoms. The van der Waals surface area contributed by atoms with Crippen molar-refractivity contribution in [3.63, 3.8) is 0 Å². The van der Waals surface area contributed by atoms with Gasteiger partial charge in [0.15, 0.2) is 0 Å². The Balaban J connectivity index is 2.90. The zero-order valence-corrected chi connectivity index (χ0v) is 6.97. The molecule has 14 heavy (non-hydrogen) atoms. The SMILES string of the molecule is [2H]c1cc2cccnc2c(O)c1[N+](=O)[O-]. The van der Waals surface area contributed by atoms with Crippen molar-refractivity contribution in [2.75, 3.05) is 0 Å². The van der Waals surface area contributed by atoms with Crippen LogP contribution in [-0.4, -0.2) is 15.0 Å². The molecule has 70 valence electrons. The Bertz CT molecular complexity index is 556. The molecular formula is C9H6N2O3. The van der Waals surface area contributed by atoms with E-state index in [2.05, 4.69) is 4.98 Å². The van der Waals surface area contributed by atoms with Crippen molar-refractivity contribution in [1.82, 2.24) is 4.98 Å². The normalized spacial score (nSPS) is 11.3. The number of benzene rings is 1. The summed E-state index contributed by atoms with van der Waals surface area (Å²) >= 11 is 0. The first-order valence-electron chi connectivity index (χ1n) is 4.33. The van der Waals surface area contributed by atoms with Crippen molar-refractivity contribution in [1.29, 1.82) is 0 Å². The number of nitrogens with zero attached hydrogens (tertiary/aromatic N) is 2. The zero-order chi connectivity index (χ0) is 11.0. The Morgan fingerprint density at radius 3 is 3.07 bits per heavy atom. The molecule has 0 amide bonds. The Kier molecular flexibility index (Phi) is 1.53. The van der Waals surface area contributed by atoms with Crippen molar-refractivity contribution in [2.24, 2.45) is 0 Å². The van der Waals surface area contributed by atoms with Crippen LogP contribution in [0.5, 0.6) is 5.75 Å². The monoisotopic (exact) mass is 191 g/mol. The maximum atomic E-state index is 10.6. The standard InChI is InChI=1S/C9H6N2O3/c12-9-7(11(13)14)4-3-6-2-1-5-10-8(6)9/h1-5,12H/i4D. The first kappa shape index (κ1) is 7.25. The number of aromatic nitrogens is 1. The second kappa shape index (κ2) is 2.95. The molecule has 0 unspecified atom stereocenters. The quantitative estimate of drug-likeness (QED) is 0.551. The molecule has 0 aliphatic carbocycles. The van der Waals surface area contributed by atoms with E-state index in [1.807, 2.05) is 0 Å². The average Bonchev–Trinajstić information content (AvgIpc) is 2.17. The molecule has 0 radical (unpaired) electrons. The molecule has 1 heterocycles. The van der Waals surface area contributed by atoms with Gasteiger partial charge < -0.3 is 5.11 Å². The van der Waals surface area contributed by atoms with Crippen LogP contribution < -0.4 is 0 Å². The third-order valence-electron chi connectivity index (χ3n) is 1.83. The predicted molar refractivity (Wildman–Crippen MR) is 50.1 cm³/mol. The lowest BCUT2D eigenvalue weighted by atomic mass is 10.2. The number of phenols is 1. The second-order valence-electron chi connectivity index (χ2n) is 2.68. The third kappa shape index (κ3) is 1.15. The molecular weight excluding hydrogens is 184 g/mol. The number of rotatable bonds is 1. The molecule has 1 aromatic carbocycles. The molecule has 0 saturated carbocycles. The minimum absolute atomic E-state index is 0.139. The van der Waals surface area contributed by atoms with Crippen LogP contribution >= 0.6 is 0 Å². The molecule has 0 aliphatic rings. The van der Waals surface area contributed by atoms with Crippen LogP contribution in [0.2, 0.25) is 0 Å². The van der Waals surface area contributed by atoms with Gasteiger partial charge in [-0.05, 0) is 12.1 Å². The van der Waals surface area contributed by atoms with E-state index in [4.69, 9.17) is 1.37 Å². The fraction of sp³-hybridized carbons (Fsp3) is 0. The van der Waals surface area contributed by atoms with Crippen LogP contribution in [0, 0.1) is 10.1 Å². The van der Waals surface area contributed by atoms with E-state index in [0.29, 0.717) is 5.39 Å². The van der Waals surface area contributed by atoms with E-state index in [1.54, 1.807) is 12.1 Å². The Labute approximate surface area is 80.2 Å². The first-order valence-corrected chi connectivity index (χ1v) is 3.83. The van der Waals surface area contributed by atoms with E-state index in [1.165, 1.54) is 12.3 Å². The predicted octanol–water partition coefficient (Wildman–Crippen LogP) is 1.85. The summed E-state index contributed by atoms with van der Waals surface area (Å²) in [5.74, 6) is -0.553. The summed E-state index contributed by atoms with van der Waals surface area (Å²) in [4.78, 5) is 13.6. The molecule has 5 nitrogen and oxygen atoms in total. The largest absolute Gasteiger partial charge is 0.501 e. The van der Waals surface area contributed by atoms with E-state index in [-0.39, 0.29) is 11.6 Å². The maximum Gasteiger partial charge on any atom is 0.313 e. The highest BCUT2D eigenvalue weighted by Crippen LogP contribution is 2.32. The summed E-state index contributed by atoms with van der Waals surface area (Å²) in [6.45, 7) is 0. The number of pyridine rings is 1. The maximum absolute atomic E-state index is 10.6. The average molecular weight is 191 g/mol. The van der Waals surface area contributed by atoms with Gasteiger partial charge in [0.1, 0.15) is 5.52 Å². The fourth-order valence-corrected chi connectivity index (χ4v) is 1.20. The lowest BCUT2D eigenvalue weighted by molar-refractivity contribution is -0.385. The van der Waals surface area contributed by atoms with Crippen molar-refractivity contribution in [3.05, 3.63) is 40.6 Å². The van der Waals surface area contributed by atoms with Crippen LogP contribution in [0.3, 0.4) is 0 Å². The number of aromatic hydroxyl groups is 1. The van der Waals surface area contributed by atoms with Gasteiger partial charge in [-0.1, -0.05) is 6.07 Å². The molecule has 0 bridgehead atoms. The summed E-state index contributed by atoms with van der Waals surface area (Å²) in [7, 11) is 0. The molecule has 1 aromatic heterocycles. The van der Waals surface area contributed by atoms with Gasteiger partial charge in [0, 0.05) is 17.6 Å². The number of phenolic OH excluding ortho intramolecular Hbond substituents is 1. The van der Waals surface area contributed by atoms with Crippen molar-refractivity contribution in [3.8, 4) is 5.75 Å². The van der Waals surface area contributed by atoms with Crippen LogP contribution in [0.4, 0.5) is 5.69 Å². The molecule has 2 rings (SSSR count). The van der Waals surface area contributed by atoms with Crippen LogP contribution in [0.1, 0.15) is 1.37 Å². The van der Waals surface area contributed by atoms with Gasteiger partial charge in [-0.25, -0.2) is 0 Å². The van der Waals surface area contributed by atoms with E-state index >= 15 is 0 Å². The van der Waals surface area contributed by atoms with E-state index in [9.17, 15) is 15.2 Å². The summed E-state index contributed by atoms with van der Waals surface area (Å²) in [6, 6.07) is 4.25. The highest BCUT2D eigenvalue weighted by Gasteiger charge is 2.15. The van der Waals surface area contributed by atoms with E-state index < -0.39 is 16.4 Å². The van der Waals surface area contributed by atoms with Crippen molar-refractivity contribution in [2.45, 2.75) is 0 Å². The second-order valence-corrected chi connectivity index (χ2v) is 2.68. The summed E-state index contributed by atoms with van der Waals surface area (Å²) in [6.07, 6.45) is 1.43. The van der Waals surface area contributed by atoms with Gasteiger partial charge in [0.2, 0.25) is 5.75 Å². The molecule has 0 fully saturated rings. The topological polar surface area (TPSA) is 76.3 Å². The minimum Gasteiger partial charge on any atom is -0.501 e. The number of nitro benzene ring substituents is 1. The van der Waals surface area contributed by atoms with Gasteiger partial charge in [0.05, 0.1) is 6.29 Å². The van der Waals surface area contributed by atoms with Crippen molar-refractivity contribution >= 4 is 16.6 Å². The summed E-state index contributed by atoms with van der Waals surface area (Å²) in [5.41, 5.74) is -0.471. The lowest BCUT2D eigenvalue weighted by Crippen LogP contribution is -1.89. The Morgan fingerprint density at radius 1 is 1.57 bits per heavy atom. The third-order valence-corrected chi connectivity index (χ3v) is 1.83. The van der Waals surface area contributed by atoms with Crippen LogP contribution in [0.25, 0.3) is 10.9 Å². The highest BCUT2D eigenvalue weighted by molar-refractivity contribution is 5.87. The number of hydrogen-bond donors (Lipinski definition) is 1. The van der Waals surface area contributed by atoms with Gasteiger partial charge in [-0.3, -0.25) is 15.1 Å². The zero-order valence-electron chi connectivity index (χ0n) is 7.97. The highest BCUT2D eigenvalue weighted by atomic mass is 16.6. The molecule has 0 atom stereocenters. The van der Waals surface area contributed by atoms with Crippen LogP contribution in [0.15, 0.2) is 30.4 Å². The molecule has 0 aliphatic heterocycles. The van der Waals surface area contributed by atoms with Crippen LogP contribution in [-0.2, 0) is 0 Å². The molecule has 0 spiro atoms. The number of nitro groups is 1.